The van der Waals surface area contributed by atoms with E-state index in [4.69, 9.17) is 14.2 Å². The summed E-state index contributed by atoms with van der Waals surface area (Å²) in [7, 11) is 0. The molecule has 0 spiro atoms. The third kappa shape index (κ3) is 44.5. The van der Waals surface area contributed by atoms with E-state index in [1.54, 1.807) is 0 Å². The maximum atomic E-state index is 12.7. The number of esters is 3. The van der Waals surface area contributed by atoms with Gasteiger partial charge in [0.1, 0.15) is 13.2 Å². The number of allylic oxidation sites excluding steroid dienone is 22. The Morgan fingerprint density at radius 1 is 0.373 bits per heavy atom. The molecule has 0 rings (SSSR count). The molecular weight excluding hydrogens is 733 g/mol. The summed E-state index contributed by atoms with van der Waals surface area (Å²) in [4.78, 5) is 37.7. The minimum absolute atomic E-state index is 0.143. The quantitative estimate of drug-likeness (QED) is 0.0203. The van der Waals surface area contributed by atoms with Gasteiger partial charge in [-0.3, -0.25) is 14.4 Å². The molecule has 0 N–H and O–H groups in total. The number of hydrogen-bond acceptors (Lipinski definition) is 6. The molecule has 0 aliphatic heterocycles. The van der Waals surface area contributed by atoms with Gasteiger partial charge >= 0.3 is 17.9 Å². The summed E-state index contributed by atoms with van der Waals surface area (Å²) >= 11 is 0. The van der Waals surface area contributed by atoms with E-state index in [0.717, 1.165) is 64.2 Å². The van der Waals surface area contributed by atoms with E-state index in [0.29, 0.717) is 25.7 Å². The fraction of sp³-hybridized carbons (Fsp3) is 0.528. The fourth-order valence-electron chi connectivity index (χ4n) is 5.32. The van der Waals surface area contributed by atoms with Crippen molar-refractivity contribution in [2.24, 2.45) is 0 Å². The van der Waals surface area contributed by atoms with Crippen molar-refractivity contribution in [1.82, 2.24) is 0 Å². The van der Waals surface area contributed by atoms with Gasteiger partial charge in [0.25, 0.3) is 0 Å². The van der Waals surface area contributed by atoms with Crippen molar-refractivity contribution in [1.29, 1.82) is 0 Å². The van der Waals surface area contributed by atoms with Crippen LogP contribution in [0.15, 0.2) is 134 Å². The third-order valence-electron chi connectivity index (χ3n) is 8.76. The normalized spacial score (nSPS) is 13.3. The topological polar surface area (TPSA) is 78.9 Å². The van der Waals surface area contributed by atoms with E-state index >= 15 is 0 Å². The molecule has 1 unspecified atom stereocenters. The summed E-state index contributed by atoms with van der Waals surface area (Å²) in [5.41, 5.74) is 0. The van der Waals surface area contributed by atoms with Crippen molar-refractivity contribution in [3.63, 3.8) is 0 Å². The van der Waals surface area contributed by atoms with Crippen molar-refractivity contribution in [3.8, 4) is 0 Å². The molecule has 6 heteroatoms. The Balaban J connectivity index is 4.64. The molecule has 0 aromatic heterocycles. The average molecular weight is 813 g/mol. The molecule has 0 radical (unpaired) electrons. The first-order chi connectivity index (χ1) is 29.0. The van der Waals surface area contributed by atoms with Gasteiger partial charge in [0, 0.05) is 19.3 Å². The smallest absolute Gasteiger partial charge is 0.306 e. The SMILES string of the molecule is CC\C=C/C=C\C=C/C=C\C=C/CCCC(=O)OC(COC(=O)CCC/C=C\C/C=C\C/C=C\C/C=C\CCCCC)COC(=O)CCCCC/C=C\C=C/CCCC. The maximum absolute atomic E-state index is 12.7. The lowest BCUT2D eigenvalue weighted by Crippen LogP contribution is -2.30. The maximum Gasteiger partial charge on any atom is 0.306 e. The molecule has 0 amide bonds. The molecule has 59 heavy (non-hydrogen) atoms. The molecule has 0 bridgehead atoms. The number of ether oxygens (including phenoxy) is 3. The lowest BCUT2D eigenvalue weighted by Gasteiger charge is -2.18. The zero-order chi connectivity index (χ0) is 43.0. The lowest BCUT2D eigenvalue weighted by molar-refractivity contribution is -0.167. The van der Waals surface area contributed by atoms with Crippen LogP contribution in [0.3, 0.4) is 0 Å². The molecule has 0 aromatic rings. The van der Waals surface area contributed by atoms with Crippen LogP contribution in [0.1, 0.15) is 162 Å². The first-order valence-corrected chi connectivity index (χ1v) is 22.8. The number of unbranched alkanes of at least 4 members (excludes halogenated alkanes) is 10. The van der Waals surface area contributed by atoms with Crippen LogP contribution >= 0.6 is 0 Å². The summed E-state index contributed by atoms with van der Waals surface area (Å²) in [5.74, 6) is -1.12. The second-order valence-corrected chi connectivity index (χ2v) is 14.4. The minimum Gasteiger partial charge on any atom is -0.462 e. The Hall–Kier alpha value is -4.45. The van der Waals surface area contributed by atoms with Gasteiger partial charge in [0.15, 0.2) is 6.10 Å². The summed E-state index contributed by atoms with van der Waals surface area (Å²) in [6.07, 6.45) is 64.5. The predicted molar refractivity (Wildman–Crippen MR) is 251 cm³/mol. The van der Waals surface area contributed by atoms with Gasteiger partial charge < -0.3 is 14.2 Å². The zero-order valence-corrected chi connectivity index (χ0v) is 37.2. The van der Waals surface area contributed by atoms with Crippen molar-refractivity contribution < 1.29 is 28.6 Å². The molecular formula is C53H80O6. The molecule has 328 valence electrons. The van der Waals surface area contributed by atoms with Crippen molar-refractivity contribution >= 4 is 17.9 Å². The molecule has 0 aliphatic rings. The largest absolute Gasteiger partial charge is 0.462 e. The Morgan fingerprint density at radius 3 is 1.31 bits per heavy atom. The lowest BCUT2D eigenvalue weighted by atomic mass is 10.1. The molecule has 0 aromatic carbocycles. The van der Waals surface area contributed by atoms with E-state index in [1.165, 1.54) is 38.5 Å². The summed E-state index contributed by atoms with van der Waals surface area (Å²) < 4.78 is 16.5. The van der Waals surface area contributed by atoms with E-state index in [2.05, 4.69) is 99.8 Å². The molecule has 0 saturated heterocycles. The van der Waals surface area contributed by atoms with Crippen molar-refractivity contribution in [2.45, 2.75) is 168 Å². The van der Waals surface area contributed by atoms with E-state index in [-0.39, 0.29) is 38.0 Å². The Bertz CT molecular complexity index is 1350. The highest BCUT2D eigenvalue weighted by atomic mass is 16.6. The van der Waals surface area contributed by atoms with Crippen molar-refractivity contribution in [2.75, 3.05) is 13.2 Å². The van der Waals surface area contributed by atoms with Crippen LogP contribution in [0.4, 0.5) is 0 Å². The highest BCUT2D eigenvalue weighted by molar-refractivity contribution is 5.71. The highest BCUT2D eigenvalue weighted by Gasteiger charge is 2.19. The zero-order valence-electron chi connectivity index (χ0n) is 37.2. The number of carbonyl (C=O) groups excluding carboxylic acids is 3. The Kier molecular flexibility index (Phi) is 42.8. The van der Waals surface area contributed by atoms with Gasteiger partial charge in [-0.2, -0.15) is 0 Å². The van der Waals surface area contributed by atoms with Gasteiger partial charge in [-0.05, 0) is 89.9 Å². The molecule has 0 aliphatic carbocycles. The van der Waals surface area contributed by atoms with Crippen LogP contribution in [0.2, 0.25) is 0 Å². The van der Waals surface area contributed by atoms with Crippen LogP contribution in [0.5, 0.6) is 0 Å². The Labute approximate surface area is 360 Å². The number of hydrogen-bond donors (Lipinski definition) is 0. The van der Waals surface area contributed by atoms with E-state index in [1.807, 2.05) is 54.7 Å². The van der Waals surface area contributed by atoms with Crippen LogP contribution in [0.25, 0.3) is 0 Å². The summed E-state index contributed by atoms with van der Waals surface area (Å²) in [6, 6.07) is 0. The van der Waals surface area contributed by atoms with Gasteiger partial charge in [0.2, 0.25) is 0 Å². The van der Waals surface area contributed by atoms with Crippen LogP contribution in [-0.4, -0.2) is 37.2 Å². The molecule has 0 saturated carbocycles. The highest BCUT2D eigenvalue weighted by Crippen LogP contribution is 2.09. The second kappa shape index (κ2) is 46.2. The average Bonchev–Trinajstić information content (AvgIpc) is 3.23. The Morgan fingerprint density at radius 2 is 0.763 bits per heavy atom. The fourth-order valence-corrected chi connectivity index (χ4v) is 5.32. The standard InChI is InChI=1S/C53H80O6/c1-4-7-10-13-16-19-22-24-25-26-27-29-31-34-37-40-43-46-52(55)58-49-50(48-57-51(54)45-42-39-36-33-30-21-18-15-12-9-6-3)59-53(56)47-44-41-38-35-32-28-23-20-17-14-11-8-5-2/h8,11,14-21,23-25,27-30,32,34-35,37-38,50H,4-7,9-10,12-13,22,26,31,33,36,39-49H2,1-3H3/b11-8-,17-14-,18-15-,19-16-,23-20-,25-24-,29-27-,30-21-,32-28-,37-34-,38-35-. The minimum atomic E-state index is -0.851. The monoisotopic (exact) mass is 813 g/mol. The van der Waals surface area contributed by atoms with Gasteiger partial charge in [-0.1, -0.05) is 187 Å². The predicted octanol–water partition coefficient (Wildman–Crippen LogP) is 14.7. The van der Waals surface area contributed by atoms with Crippen LogP contribution < -0.4 is 0 Å². The first kappa shape index (κ1) is 54.6. The molecule has 0 heterocycles. The van der Waals surface area contributed by atoms with Gasteiger partial charge in [0.05, 0.1) is 0 Å². The van der Waals surface area contributed by atoms with Crippen LogP contribution in [0, 0.1) is 0 Å². The van der Waals surface area contributed by atoms with Gasteiger partial charge in [-0.25, -0.2) is 0 Å². The molecule has 6 nitrogen and oxygen atoms in total. The molecule has 1 atom stereocenters. The third-order valence-corrected chi connectivity index (χ3v) is 8.76. The van der Waals surface area contributed by atoms with Crippen LogP contribution in [-0.2, 0) is 28.6 Å². The number of carbonyl (C=O) groups is 3. The van der Waals surface area contributed by atoms with E-state index in [9.17, 15) is 14.4 Å². The van der Waals surface area contributed by atoms with Crippen molar-refractivity contribution in [3.05, 3.63) is 134 Å². The summed E-state index contributed by atoms with van der Waals surface area (Å²) in [5, 5.41) is 0. The summed E-state index contributed by atoms with van der Waals surface area (Å²) in [6.45, 7) is 6.23. The van der Waals surface area contributed by atoms with Gasteiger partial charge in [-0.15, -0.1) is 0 Å². The number of rotatable bonds is 38. The van der Waals surface area contributed by atoms with E-state index < -0.39 is 12.1 Å². The first-order valence-electron chi connectivity index (χ1n) is 22.8. The second-order valence-electron chi connectivity index (χ2n) is 14.4. The molecule has 0 fully saturated rings.